The van der Waals surface area contributed by atoms with Crippen LogP contribution in [0.5, 0.6) is 0 Å². The third-order valence-corrected chi connectivity index (χ3v) is 2.17. The first-order chi connectivity index (χ1) is 5.79. The molecule has 1 N–H and O–H groups in total. The van der Waals surface area contributed by atoms with Crippen molar-refractivity contribution in [1.29, 1.82) is 0 Å². The fraction of sp³-hybridized carbons (Fsp3) is 0.222. The number of aryl methyl sites for hydroxylation is 1. The van der Waals surface area contributed by atoms with Crippen molar-refractivity contribution in [1.82, 2.24) is 0 Å². The van der Waals surface area contributed by atoms with E-state index in [1.165, 1.54) is 11.6 Å². The first-order valence-corrected chi connectivity index (χ1v) is 4.64. The Balaban J connectivity index is 2.23. The standard InChI is InChI=1S/C9H10O2S/c10-9(11)4-2-1-3-8-5-6-12-7-8/h2,4-7H,1,3H2,(H,10,11)/b4-2+. The Labute approximate surface area is 75.2 Å². The molecule has 3 heteroatoms. The van der Waals surface area contributed by atoms with Gasteiger partial charge in [-0.2, -0.15) is 11.3 Å². The summed E-state index contributed by atoms with van der Waals surface area (Å²) in [6.45, 7) is 0. The summed E-state index contributed by atoms with van der Waals surface area (Å²) in [6.07, 6.45) is 4.59. The van der Waals surface area contributed by atoms with Gasteiger partial charge in [-0.05, 0) is 35.2 Å². The van der Waals surface area contributed by atoms with Crippen LogP contribution in [-0.4, -0.2) is 11.1 Å². The van der Waals surface area contributed by atoms with Crippen molar-refractivity contribution in [2.24, 2.45) is 0 Å². The van der Waals surface area contributed by atoms with Crippen LogP contribution < -0.4 is 0 Å². The smallest absolute Gasteiger partial charge is 0.327 e. The van der Waals surface area contributed by atoms with Gasteiger partial charge in [0.05, 0.1) is 0 Å². The number of allylic oxidation sites excluding steroid dienone is 1. The lowest BCUT2D eigenvalue weighted by molar-refractivity contribution is -0.131. The zero-order valence-electron chi connectivity index (χ0n) is 6.56. The monoisotopic (exact) mass is 182 g/mol. The molecule has 0 bridgehead atoms. The summed E-state index contributed by atoms with van der Waals surface area (Å²) in [6, 6.07) is 2.05. The highest BCUT2D eigenvalue weighted by Gasteiger charge is 1.90. The molecule has 0 amide bonds. The predicted molar refractivity (Wildman–Crippen MR) is 49.4 cm³/mol. The van der Waals surface area contributed by atoms with Gasteiger partial charge in [-0.15, -0.1) is 0 Å². The number of hydrogen-bond acceptors (Lipinski definition) is 2. The molecule has 0 aliphatic rings. The second-order valence-corrected chi connectivity index (χ2v) is 3.19. The van der Waals surface area contributed by atoms with Crippen LogP contribution in [0.25, 0.3) is 0 Å². The normalized spacial score (nSPS) is 10.7. The maximum Gasteiger partial charge on any atom is 0.327 e. The van der Waals surface area contributed by atoms with Crippen LogP contribution in [0.3, 0.4) is 0 Å². The summed E-state index contributed by atoms with van der Waals surface area (Å²) in [5.41, 5.74) is 1.27. The second-order valence-electron chi connectivity index (χ2n) is 2.41. The Morgan fingerprint density at radius 3 is 3.08 bits per heavy atom. The van der Waals surface area contributed by atoms with E-state index in [9.17, 15) is 4.79 Å². The first kappa shape index (κ1) is 9.00. The number of aliphatic carboxylic acids is 1. The Hall–Kier alpha value is -1.09. The summed E-state index contributed by atoms with van der Waals surface area (Å²) in [7, 11) is 0. The molecule has 0 radical (unpaired) electrons. The van der Waals surface area contributed by atoms with Gasteiger partial charge < -0.3 is 5.11 Å². The van der Waals surface area contributed by atoms with E-state index >= 15 is 0 Å². The second kappa shape index (κ2) is 4.72. The van der Waals surface area contributed by atoms with Gasteiger partial charge in [0, 0.05) is 6.08 Å². The molecule has 0 saturated heterocycles. The molecule has 0 atom stereocenters. The predicted octanol–water partition coefficient (Wildman–Crippen LogP) is 2.32. The molecule has 0 saturated carbocycles. The molecule has 1 heterocycles. The molecule has 0 aliphatic heterocycles. The molecule has 0 aliphatic carbocycles. The van der Waals surface area contributed by atoms with E-state index in [1.54, 1.807) is 17.4 Å². The van der Waals surface area contributed by atoms with E-state index in [0.717, 1.165) is 12.8 Å². The largest absolute Gasteiger partial charge is 0.478 e. The lowest BCUT2D eigenvalue weighted by Crippen LogP contribution is -1.86. The molecular formula is C9H10O2S. The average Bonchev–Trinajstić information content (AvgIpc) is 2.49. The first-order valence-electron chi connectivity index (χ1n) is 3.69. The van der Waals surface area contributed by atoms with Crippen LogP contribution in [0.1, 0.15) is 12.0 Å². The van der Waals surface area contributed by atoms with Crippen molar-refractivity contribution in [3.8, 4) is 0 Å². The highest BCUT2D eigenvalue weighted by Crippen LogP contribution is 2.08. The third-order valence-electron chi connectivity index (χ3n) is 1.44. The summed E-state index contributed by atoms with van der Waals surface area (Å²) >= 11 is 1.66. The Kier molecular flexibility index (Phi) is 3.54. The quantitative estimate of drug-likeness (QED) is 0.725. The number of rotatable bonds is 4. The van der Waals surface area contributed by atoms with Gasteiger partial charge in [0.1, 0.15) is 0 Å². The van der Waals surface area contributed by atoms with E-state index in [2.05, 4.69) is 11.4 Å². The number of hydrogen-bond donors (Lipinski definition) is 1. The zero-order chi connectivity index (χ0) is 8.81. The van der Waals surface area contributed by atoms with Gasteiger partial charge >= 0.3 is 5.97 Å². The van der Waals surface area contributed by atoms with Gasteiger partial charge in [-0.25, -0.2) is 4.79 Å². The minimum atomic E-state index is -0.875. The van der Waals surface area contributed by atoms with E-state index in [0.29, 0.717) is 0 Å². The highest BCUT2D eigenvalue weighted by molar-refractivity contribution is 7.07. The molecule has 1 aromatic heterocycles. The summed E-state index contributed by atoms with van der Waals surface area (Å²) in [5, 5.41) is 12.4. The van der Waals surface area contributed by atoms with Gasteiger partial charge in [0.25, 0.3) is 0 Å². The topological polar surface area (TPSA) is 37.3 Å². The fourth-order valence-electron chi connectivity index (χ4n) is 0.869. The lowest BCUT2D eigenvalue weighted by Gasteiger charge is -1.89. The van der Waals surface area contributed by atoms with Gasteiger partial charge in [-0.1, -0.05) is 6.08 Å². The van der Waals surface area contributed by atoms with Crippen LogP contribution >= 0.6 is 11.3 Å². The molecule has 0 unspecified atom stereocenters. The highest BCUT2D eigenvalue weighted by atomic mass is 32.1. The number of carboxylic acid groups (broad SMARTS) is 1. The van der Waals surface area contributed by atoms with Crippen LogP contribution in [-0.2, 0) is 11.2 Å². The number of carbonyl (C=O) groups is 1. The summed E-state index contributed by atoms with van der Waals surface area (Å²) < 4.78 is 0. The summed E-state index contributed by atoms with van der Waals surface area (Å²) in [5.74, 6) is -0.875. The van der Waals surface area contributed by atoms with Crippen LogP contribution in [0.4, 0.5) is 0 Å². The zero-order valence-corrected chi connectivity index (χ0v) is 7.38. The van der Waals surface area contributed by atoms with E-state index in [1.807, 2.05) is 5.38 Å². The number of carboxylic acids is 1. The van der Waals surface area contributed by atoms with E-state index < -0.39 is 5.97 Å². The van der Waals surface area contributed by atoms with E-state index in [-0.39, 0.29) is 0 Å². The fourth-order valence-corrected chi connectivity index (χ4v) is 1.57. The molecule has 0 aromatic carbocycles. The maximum atomic E-state index is 10.1. The Morgan fingerprint density at radius 1 is 1.67 bits per heavy atom. The van der Waals surface area contributed by atoms with Crippen molar-refractivity contribution in [3.63, 3.8) is 0 Å². The van der Waals surface area contributed by atoms with Gasteiger partial charge in [0.15, 0.2) is 0 Å². The Morgan fingerprint density at radius 2 is 2.50 bits per heavy atom. The Bertz CT molecular complexity index is 262. The van der Waals surface area contributed by atoms with Crippen molar-refractivity contribution in [3.05, 3.63) is 34.5 Å². The van der Waals surface area contributed by atoms with E-state index in [4.69, 9.17) is 5.11 Å². The molecule has 0 fully saturated rings. The molecule has 0 spiro atoms. The maximum absolute atomic E-state index is 10.1. The van der Waals surface area contributed by atoms with Crippen LogP contribution in [0.2, 0.25) is 0 Å². The van der Waals surface area contributed by atoms with Crippen molar-refractivity contribution < 1.29 is 9.90 Å². The SMILES string of the molecule is O=C(O)/C=C/CCc1ccsc1. The number of thiophene rings is 1. The third kappa shape index (κ3) is 3.34. The van der Waals surface area contributed by atoms with Crippen molar-refractivity contribution in [2.75, 3.05) is 0 Å². The molecule has 1 rings (SSSR count). The molecule has 1 aromatic rings. The molecular weight excluding hydrogens is 172 g/mol. The molecule has 12 heavy (non-hydrogen) atoms. The van der Waals surface area contributed by atoms with Crippen LogP contribution in [0.15, 0.2) is 29.0 Å². The van der Waals surface area contributed by atoms with Crippen LogP contribution in [0, 0.1) is 0 Å². The molecule has 2 nitrogen and oxygen atoms in total. The minimum absolute atomic E-state index is 0.795. The van der Waals surface area contributed by atoms with Crippen molar-refractivity contribution >= 4 is 17.3 Å². The minimum Gasteiger partial charge on any atom is -0.478 e. The lowest BCUT2D eigenvalue weighted by atomic mass is 10.2. The summed E-state index contributed by atoms with van der Waals surface area (Å²) in [4.78, 5) is 10.1. The van der Waals surface area contributed by atoms with Gasteiger partial charge in [0.2, 0.25) is 0 Å². The molecule has 64 valence electrons. The average molecular weight is 182 g/mol. The van der Waals surface area contributed by atoms with Crippen molar-refractivity contribution in [2.45, 2.75) is 12.8 Å². The van der Waals surface area contributed by atoms with Gasteiger partial charge in [-0.3, -0.25) is 0 Å².